The summed E-state index contributed by atoms with van der Waals surface area (Å²) in [5.41, 5.74) is 0. The Labute approximate surface area is 378 Å². The molecule has 6 rings (SSSR count). The van der Waals surface area contributed by atoms with Crippen LogP contribution in [0.15, 0.2) is 0 Å². The van der Waals surface area contributed by atoms with Gasteiger partial charge in [-0.05, 0) is 0 Å². The standard InChI is InChI=1S/C36H62O31/c37-1-7-14(43)21(50)27(31(56)58-7)64-35-29(23(52)16(45)10(4-40)61-35)66-33-26(55)20(49)18(47)12(63-33)6-57-34-28(22(51)15(44)9(3-39)60-34)67-36-30(24(53)17(46)11(5-41)62-36)65-32-25(54)19(48)13(42)8(2-38)59-32/h7-56H,1-6H2/t7-,8-,9-,10-,11-,12-,13-,14-,15-,16-,17-,18-,19+,20+,21+,22+,23+,24+,25+,26+,27+,28+,29+,30+,31?,32-,33-,34+,35-,36-/m1/s1. The zero-order valence-corrected chi connectivity index (χ0v) is 35.0. The molecule has 6 saturated heterocycles. The lowest BCUT2D eigenvalue weighted by Crippen LogP contribution is -2.67. The predicted molar refractivity (Wildman–Crippen MR) is 199 cm³/mol. The molecule has 6 heterocycles. The van der Waals surface area contributed by atoms with Gasteiger partial charge in [-0.25, -0.2) is 0 Å². The fourth-order valence-corrected chi connectivity index (χ4v) is 8.33. The van der Waals surface area contributed by atoms with Crippen LogP contribution in [-0.4, -0.2) is 326 Å². The first-order valence-corrected chi connectivity index (χ1v) is 21.1. The van der Waals surface area contributed by atoms with E-state index < -0.39 is 224 Å². The van der Waals surface area contributed by atoms with Gasteiger partial charge in [-0.3, -0.25) is 0 Å². The smallest absolute Gasteiger partial charge is 0.187 e. The van der Waals surface area contributed by atoms with Gasteiger partial charge in [0.1, 0.15) is 146 Å². The van der Waals surface area contributed by atoms with Crippen LogP contribution in [-0.2, 0) is 52.1 Å². The zero-order chi connectivity index (χ0) is 49.3. The molecule has 392 valence electrons. The van der Waals surface area contributed by atoms with E-state index in [1.165, 1.54) is 0 Å². The molecule has 0 aliphatic carbocycles. The maximum Gasteiger partial charge on any atom is 0.187 e. The molecular formula is C36H62O31. The van der Waals surface area contributed by atoms with Crippen molar-refractivity contribution in [2.45, 2.75) is 184 Å². The molecule has 0 aromatic rings. The molecule has 31 heteroatoms. The maximum absolute atomic E-state index is 11.3. The molecule has 30 atom stereocenters. The third-order valence-electron chi connectivity index (χ3n) is 12.4. The molecule has 6 aliphatic rings. The number of aliphatic hydroxyl groups is 20. The average Bonchev–Trinajstić information content (AvgIpc) is 3.31. The highest BCUT2D eigenvalue weighted by Crippen LogP contribution is 2.36. The second-order valence-electron chi connectivity index (χ2n) is 16.8. The van der Waals surface area contributed by atoms with Crippen molar-refractivity contribution in [3.63, 3.8) is 0 Å². The Morgan fingerprint density at radius 3 is 0.925 bits per heavy atom. The third-order valence-corrected chi connectivity index (χ3v) is 12.4. The van der Waals surface area contributed by atoms with Crippen molar-refractivity contribution in [1.29, 1.82) is 0 Å². The highest BCUT2D eigenvalue weighted by molar-refractivity contribution is 4.99. The second kappa shape index (κ2) is 23.5. The van der Waals surface area contributed by atoms with E-state index in [0.717, 1.165) is 0 Å². The highest BCUT2D eigenvalue weighted by atomic mass is 16.8. The second-order valence-corrected chi connectivity index (χ2v) is 16.8. The Morgan fingerprint density at radius 1 is 0.254 bits per heavy atom. The van der Waals surface area contributed by atoms with Gasteiger partial charge in [-0.15, -0.1) is 0 Å². The van der Waals surface area contributed by atoms with Gasteiger partial charge >= 0.3 is 0 Å². The van der Waals surface area contributed by atoms with Crippen molar-refractivity contribution in [2.75, 3.05) is 39.6 Å². The van der Waals surface area contributed by atoms with Gasteiger partial charge in [0.05, 0.1) is 39.6 Å². The average molecular weight is 991 g/mol. The maximum atomic E-state index is 11.3. The Balaban J connectivity index is 1.20. The molecule has 20 N–H and O–H groups in total. The lowest BCUT2D eigenvalue weighted by molar-refractivity contribution is -0.400. The van der Waals surface area contributed by atoms with Crippen LogP contribution in [0, 0.1) is 0 Å². The summed E-state index contributed by atoms with van der Waals surface area (Å²) in [7, 11) is 0. The van der Waals surface area contributed by atoms with Gasteiger partial charge in [0.15, 0.2) is 37.7 Å². The van der Waals surface area contributed by atoms with E-state index in [0.29, 0.717) is 0 Å². The minimum atomic E-state index is -2.20. The molecule has 0 amide bonds. The van der Waals surface area contributed by atoms with Crippen LogP contribution >= 0.6 is 0 Å². The molecule has 1 unspecified atom stereocenters. The Bertz CT molecular complexity index is 1510. The fraction of sp³-hybridized carbons (Fsp3) is 1.00. The molecule has 0 radical (unpaired) electrons. The summed E-state index contributed by atoms with van der Waals surface area (Å²) < 4.78 is 61.4. The lowest BCUT2D eigenvalue weighted by Gasteiger charge is -2.49. The van der Waals surface area contributed by atoms with Crippen molar-refractivity contribution in [1.82, 2.24) is 0 Å². The van der Waals surface area contributed by atoms with Gasteiger partial charge in [0.25, 0.3) is 0 Å². The summed E-state index contributed by atoms with van der Waals surface area (Å²) in [5, 5.41) is 210. The first-order chi connectivity index (χ1) is 31.7. The Morgan fingerprint density at radius 2 is 0.522 bits per heavy atom. The molecule has 6 fully saturated rings. The van der Waals surface area contributed by atoms with E-state index in [1.807, 2.05) is 0 Å². The van der Waals surface area contributed by atoms with E-state index in [2.05, 4.69) is 0 Å². The predicted octanol–water partition coefficient (Wildman–Crippen LogP) is -14.1. The molecule has 0 aromatic heterocycles. The van der Waals surface area contributed by atoms with Crippen molar-refractivity contribution in [2.24, 2.45) is 0 Å². The summed E-state index contributed by atoms with van der Waals surface area (Å²) in [6.07, 6.45) is -58.3. The van der Waals surface area contributed by atoms with Crippen molar-refractivity contribution in [3.8, 4) is 0 Å². The van der Waals surface area contributed by atoms with Gasteiger partial charge in [-0.2, -0.15) is 0 Å². The number of rotatable bonds is 16. The summed E-state index contributed by atoms with van der Waals surface area (Å²) in [6.45, 7) is -5.57. The number of aliphatic hydroxyl groups excluding tert-OH is 20. The molecule has 67 heavy (non-hydrogen) atoms. The van der Waals surface area contributed by atoms with Crippen LogP contribution in [0.5, 0.6) is 0 Å². The first kappa shape index (κ1) is 55.1. The van der Waals surface area contributed by atoms with E-state index in [9.17, 15) is 102 Å². The van der Waals surface area contributed by atoms with Crippen molar-refractivity contribution in [3.05, 3.63) is 0 Å². The normalized spacial score (nSPS) is 53.4. The van der Waals surface area contributed by atoms with Crippen LogP contribution in [0.4, 0.5) is 0 Å². The molecule has 0 bridgehead atoms. The summed E-state index contributed by atoms with van der Waals surface area (Å²) >= 11 is 0. The molecule has 31 nitrogen and oxygen atoms in total. The lowest BCUT2D eigenvalue weighted by atomic mass is 9.96. The largest absolute Gasteiger partial charge is 0.394 e. The minimum Gasteiger partial charge on any atom is -0.394 e. The minimum absolute atomic E-state index is 0.842. The van der Waals surface area contributed by atoms with Gasteiger partial charge < -0.3 is 154 Å². The summed E-state index contributed by atoms with van der Waals surface area (Å²) in [5.74, 6) is 0. The summed E-state index contributed by atoms with van der Waals surface area (Å²) in [6, 6.07) is 0. The fourth-order valence-electron chi connectivity index (χ4n) is 8.33. The topological polar surface area (TPSA) is 506 Å². The SMILES string of the molecule is OC[C@H]1O[C@H](O[C@@H]2[C@@H](O[C@@H]3[C@@H](OC[C@H]4O[C@H](O[C@@H]5[C@@H](O[C@@H]6C(O)O[C@H](CO)[C@@H](O)[C@@H]6O)O[C@H](CO)[C@@H](O)[C@@H]5O)[C@@H](O)[C@@H](O)[C@@H]4O)O[C@H](CO)[C@@H](O)[C@@H]3O)O[C@H](CO)[C@@H](O)[C@@H]2O)[C@@H](O)[C@@H](O)[C@@H]1O. The van der Waals surface area contributed by atoms with Crippen LogP contribution in [0.25, 0.3) is 0 Å². The monoisotopic (exact) mass is 990 g/mol. The zero-order valence-electron chi connectivity index (χ0n) is 35.0. The number of hydrogen-bond donors (Lipinski definition) is 20. The highest BCUT2D eigenvalue weighted by Gasteiger charge is 2.57. The van der Waals surface area contributed by atoms with Gasteiger partial charge in [0, 0.05) is 0 Å². The van der Waals surface area contributed by atoms with E-state index in [1.54, 1.807) is 0 Å². The van der Waals surface area contributed by atoms with Crippen LogP contribution < -0.4 is 0 Å². The van der Waals surface area contributed by atoms with Crippen LogP contribution in [0.3, 0.4) is 0 Å². The van der Waals surface area contributed by atoms with Crippen molar-refractivity contribution >= 4 is 0 Å². The van der Waals surface area contributed by atoms with Crippen LogP contribution in [0.1, 0.15) is 0 Å². The van der Waals surface area contributed by atoms with Crippen molar-refractivity contribution < 1.29 is 154 Å². The Kier molecular flexibility index (Phi) is 19.4. The van der Waals surface area contributed by atoms with E-state index >= 15 is 0 Å². The third kappa shape index (κ3) is 11.4. The van der Waals surface area contributed by atoms with E-state index in [4.69, 9.17) is 52.1 Å². The number of ether oxygens (including phenoxy) is 11. The quantitative estimate of drug-likeness (QED) is 0.0683. The molecule has 6 aliphatic heterocycles. The molecular weight excluding hydrogens is 928 g/mol. The first-order valence-electron chi connectivity index (χ1n) is 21.1. The van der Waals surface area contributed by atoms with Crippen LogP contribution in [0.2, 0.25) is 0 Å². The number of hydrogen-bond acceptors (Lipinski definition) is 31. The van der Waals surface area contributed by atoms with Gasteiger partial charge in [-0.1, -0.05) is 0 Å². The van der Waals surface area contributed by atoms with E-state index in [-0.39, 0.29) is 0 Å². The summed E-state index contributed by atoms with van der Waals surface area (Å²) in [4.78, 5) is 0. The molecule has 0 saturated carbocycles. The molecule has 0 spiro atoms. The Hall–Kier alpha value is -1.24. The molecule has 0 aromatic carbocycles. The van der Waals surface area contributed by atoms with Gasteiger partial charge in [0.2, 0.25) is 0 Å².